The Morgan fingerprint density at radius 2 is 2.00 bits per heavy atom. The molecule has 4 heteroatoms. The second-order valence-electron chi connectivity index (χ2n) is 6.89. The number of likely N-dealkylation sites (tertiary alicyclic amines) is 1. The van der Waals surface area contributed by atoms with Crippen LogP contribution < -0.4 is 5.32 Å². The quantitative estimate of drug-likeness (QED) is 0.881. The molecule has 2 aliphatic heterocycles. The normalized spacial score (nSPS) is 30.8. The average Bonchev–Trinajstić information content (AvgIpc) is 2.56. The number of carbonyl (C=O) groups is 1. The summed E-state index contributed by atoms with van der Waals surface area (Å²) in [4.78, 5) is 14.9. The minimum atomic E-state index is -0.0392. The van der Waals surface area contributed by atoms with Crippen molar-refractivity contribution in [1.82, 2.24) is 4.90 Å². The summed E-state index contributed by atoms with van der Waals surface area (Å²) in [7, 11) is 0. The predicted octanol–water partition coefficient (Wildman–Crippen LogP) is 2.35. The molecular formula is C18H24N2O2. The monoisotopic (exact) mass is 300 g/mol. The maximum Gasteiger partial charge on any atom is 0.226 e. The summed E-state index contributed by atoms with van der Waals surface area (Å²) < 4.78 is 0. The van der Waals surface area contributed by atoms with Crippen molar-refractivity contribution in [3.63, 3.8) is 0 Å². The Morgan fingerprint density at radius 1 is 1.23 bits per heavy atom. The number of rotatable bonds is 2. The molecule has 0 radical (unpaired) electrons. The zero-order chi connectivity index (χ0) is 15.1. The van der Waals surface area contributed by atoms with Crippen molar-refractivity contribution in [2.75, 3.05) is 18.5 Å². The van der Waals surface area contributed by atoms with Crippen LogP contribution in [0.4, 0.5) is 5.69 Å². The molecule has 1 saturated carbocycles. The number of amides is 1. The molecule has 2 N–H and O–H groups in total. The van der Waals surface area contributed by atoms with E-state index in [9.17, 15) is 9.90 Å². The third kappa shape index (κ3) is 2.04. The van der Waals surface area contributed by atoms with Gasteiger partial charge in [-0.3, -0.25) is 4.79 Å². The molecule has 3 atom stereocenters. The minimum Gasteiger partial charge on any atom is -0.394 e. The molecule has 1 aromatic rings. The van der Waals surface area contributed by atoms with E-state index in [1.54, 1.807) is 0 Å². The molecule has 1 aromatic carbocycles. The molecule has 1 aliphatic carbocycles. The van der Waals surface area contributed by atoms with Crippen molar-refractivity contribution >= 4 is 11.6 Å². The first-order chi connectivity index (χ1) is 10.8. The van der Waals surface area contributed by atoms with E-state index in [1.807, 2.05) is 17.0 Å². The predicted molar refractivity (Wildman–Crippen MR) is 85.8 cm³/mol. The van der Waals surface area contributed by atoms with Crippen LogP contribution in [0.25, 0.3) is 0 Å². The van der Waals surface area contributed by atoms with Crippen LogP contribution in [0.5, 0.6) is 0 Å². The number of nitrogens with zero attached hydrogens (tertiary/aromatic N) is 1. The van der Waals surface area contributed by atoms with Gasteiger partial charge in [-0.05, 0) is 24.5 Å². The third-order valence-electron chi connectivity index (χ3n) is 5.76. The number of aliphatic hydroxyl groups excluding tert-OH is 1. The Kier molecular flexibility index (Phi) is 3.57. The second kappa shape index (κ2) is 5.58. The van der Waals surface area contributed by atoms with E-state index in [0.29, 0.717) is 0 Å². The smallest absolute Gasteiger partial charge is 0.226 e. The number of para-hydroxylation sites is 1. The van der Waals surface area contributed by atoms with Gasteiger partial charge in [-0.25, -0.2) is 0 Å². The standard InChI is InChI=1S/C18H24N2O2/c21-11-16-17-13-8-4-5-9-14(13)19-10-15(17)20(16)18(22)12-6-2-1-3-7-12/h4-5,8-9,12,15-17,19,21H,1-3,6-7,10-11H2/t15-,16+,17+/m0/s1. The summed E-state index contributed by atoms with van der Waals surface area (Å²) >= 11 is 0. The average molecular weight is 300 g/mol. The van der Waals surface area contributed by atoms with Gasteiger partial charge in [0, 0.05) is 24.1 Å². The molecule has 3 aliphatic rings. The van der Waals surface area contributed by atoms with Crippen molar-refractivity contribution in [1.29, 1.82) is 0 Å². The van der Waals surface area contributed by atoms with E-state index in [1.165, 1.54) is 24.8 Å². The van der Waals surface area contributed by atoms with Crippen LogP contribution in [0.3, 0.4) is 0 Å². The summed E-state index contributed by atoms with van der Waals surface area (Å²) in [6, 6.07) is 8.46. The van der Waals surface area contributed by atoms with Crippen LogP contribution in [-0.4, -0.2) is 41.1 Å². The molecule has 0 spiro atoms. The van der Waals surface area contributed by atoms with Crippen LogP contribution in [0, 0.1) is 5.92 Å². The van der Waals surface area contributed by atoms with Gasteiger partial charge >= 0.3 is 0 Å². The Labute approximate surface area is 131 Å². The first kappa shape index (κ1) is 14.1. The van der Waals surface area contributed by atoms with Gasteiger partial charge in [-0.1, -0.05) is 37.5 Å². The van der Waals surface area contributed by atoms with Crippen molar-refractivity contribution < 1.29 is 9.90 Å². The molecule has 0 unspecified atom stereocenters. The molecule has 4 rings (SSSR count). The highest BCUT2D eigenvalue weighted by atomic mass is 16.3. The maximum atomic E-state index is 12.9. The van der Waals surface area contributed by atoms with Crippen LogP contribution in [-0.2, 0) is 4.79 Å². The van der Waals surface area contributed by atoms with Crippen LogP contribution >= 0.6 is 0 Å². The summed E-state index contributed by atoms with van der Waals surface area (Å²) in [5, 5.41) is 13.3. The summed E-state index contributed by atoms with van der Waals surface area (Å²) in [5.74, 6) is 0.747. The lowest BCUT2D eigenvalue weighted by Crippen LogP contribution is -2.69. The fraction of sp³-hybridized carbons (Fsp3) is 0.611. The number of aliphatic hydroxyl groups is 1. The van der Waals surface area contributed by atoms with E-state index in [2.05, 4.69) is 17.4 Å². The highest BCUT2D eigenvalue weighted by Crippen LogP contribution is 2.47. The number of fused-ring (bicyclic) bond motifs is 3. The molecule has 2 fully saturated rings. The van der Waals surface area contributed by atoms with Gasteiger partial charge < -0.3 is 15.3 Å². The third-order valence-corrected chi connectivity index (χ3v) is 5.76. The Balaban J connectivity index is 1.57. The molecule has 1 saturated heterocycles. The largest absolute Gasteiger partial charge is 0.394 e. The zero-order valence-corrected chi connectivity index (χ0v) is 12.9. The van der Waals surface area contributed by atoms with Crippen molar-refractivity contribution in [3.05, 3.63) is 29.8 Å². The van der Waals surface area contributed by atoms with E-state index in [0.717, 1.165) is 25.1 Å². The molecule has 4 nitrogen and oxygen atoms in total. The number of hydrogen-bond acceptors (Lipinski definition) is 3. The van der Waals surface area contributed by atoms with Crippen LogP contribution in [0.1, 0.15) is 43.6 Å². The first-order valence-corrected chi connectivity index (χ1v) is 8.57. The van der Waals surface area contributed by atoms with Gasteiger partial charge in [0.2, 0.25) is 5.91 Å². The summed E-state index contributed by atoms with van der Waals surface area (Å²) in [6.45, 7) is 0.866. The Hall–Kier alpha value is -1.55. The first-order valence-electron chi connectivity index (χ1n) is 8.57. The number of anilines is 1. The number of carbonyl (C=O) groups excluding carboxylic acids is 1. The molecule has 2 heterocycles. The van der Waals surface area contributed by atoms with Crippen LogP contribution in [0.15, 0.2) is 24.3 Å². The highest BCUT2D eigenvalue weighted by Gasteiger charge is 2.53. The van der Waals surface area contributed by atoms with Gasteiger partial charge in [0.1, 0.15) is 0 Å². The molecule has 118 valence electrons. The van der Waals surface area contributed by atoms with Crippen molar-refractivity contribution in [3.8, 4) is 0 Å². The van der Waals surface area contributed by atoms with E-state index >= 15 is 0 Å². The van der Waals surface area contributed by atoms with Gasteiger partial charge in [0.15, 0.2) is 0 Å². The number of benzene rings is 1. The van der Waals surface area contributed by atoms with E-state index in [-0.39, 0.29) is 36.4 Å². The Morgan fingerprint density at radius 3 is 2.77 bits per heavy atom. The number of nitrogens with one attached hydrogen (secondary N) is 1. The summed E-state index contributed by atoms with van der Waals surface area (Å²) in [6.07, 6.45) is 5.64. The highest BCUT2D eigenvalue weighted by molar-refractivity contribution is 5.82. The SMILES string of the molecule is O=C(C1CCCCC1)N1[C@H](CO)[C@@H]2c3ccccc3NC[C@@H]21. The van der Waals surface area contributed by atoms with Gasteiger partial charge in [-0.15, -0.1) is 0 Å². The molecule has 0 bridgehead atoms. The lowest BCUT2D eigenvalue weighted by atomic mass is 9.71. The van der Waals surface area contributed by atoms with Gasteiger partial charge in [0.25, 0.3) is 0 Å². The molecule has 0 aromatic heterocycles. The lowest BCUT2D eigenvalue weighted by Gasteiger charge is -2.58. The van der Waals surface area contributed by atoms with Crippen molar-refractivity contribution in [2.45, 2.75) is 50.1 Å². The fourth-order valence-electron chi connectivity index (χ4n) is 4.64. The minimum absolute atomic E-state index is 0.0392. The van der Waals surface area contributed by atoms with Crippen LogP contribution in [0.2, 0.25) is 0 Å². The lowest BCUT2D eigenvalue weighted by molar-refractivity contribution is -0.155. The topological polar surface area (TPSA) is 52.6 Å². The van der Waals surface area contributed by atoms with E-state index < -0.39 is 0 Å². The molecular weight excluding hydrogens is 276 g/mol. The maximum absolute atomic E-state index is 12.9. The second-order valence-corrected chi connectivity index (χ2v) is 6.89. The summed E-state index contributed by atoms with van der Waals surface area (Å²) in [5.41, 5.74) is 2.41. The molecule has 22 heavy (non-hydrogen) atoms. The van der Waals surface area contributed by atoms with E-state index in [4.69, 9.17) is 0 Å². The van der Waals surface area contributed by atoms with Crippen molar-refractivity contribution in [2.24, 2.45) is 5.92 Å². The Bertz CT molecular complexity index is 568. The van der Waals surface area contributed by atoms with Gasteiger partial charge in [0.05, 0.1) is 18.7 Å². The van der Waals surface area contributed by atoms with Gasteiger partial charge in [-0.2, -0.15) is 0 Å². The fourth-order valence-corrected chi connectivity index (χ4v) is 4.64. The molecule has 1 amide bonds. The number of hydrogen-bond donors (Lipinski definition) is 2. The zero-order valence-electron chi connectivity index (χ0n) is 12.9.